The number of benzene rings is 1. The lowest BCUT2D eigenvalue weighted by atomic mass is 10.1. The van der Waals surface area contributed by atoms with Crippen LogP contribution in [-0.4, -0.2) is 20.9 Å². The van der Waals surface area contributed by atoms with E-state index in [9.17, 15) is 10.1 Å². The maximum atomic E-state index is 11.0. The third-order valence-electron chi connectivity index (χ3n) is 3.02. The Bertz CT molecular complexity index is 586. The summed E-state index contributed by atoms with van der Waals surface area (Å²) in [6.45, 7) is 2.00. The highest BCUT2D eigenvalue weighted by atomic mass is 35.5. The molecule has 0 spiro atoms. The van der Waals surface area contributed by atoms with Crippen LogP contribution < -0.4 is 5.32 Å². The number of hydrogen-bond donors (Lipinski definition) is 2. The topological polar surface area (TPSA) is 83.8 Å². The summed E-state index contributed by atoms with van der Waals surface area (Å²) in [7, 11) is 0. The smallest absolute Gasteiger partial charge is 0.293 e. The molecule has 106 valence electrons. The first-order valence-electron chi connectivity index (χ1n) is 6.29. The van der Waals surface area contributed by atoms with Crippen molar-refractivity contribution in [1.29, 1.82) is 0 Å². The largest absolute Gasteiger partial charge is 0.375 e. The Morgan fingerprint density at radius 3 is 2.95 bits per heavy atom. The molecule has 2 aromatic rings. The zero-order valence-corrected chi connectivity index (χ0v) is 11.7. The third-order valence-corrected chi connectivity index (χ3v) is 3.34. The van der Waals surface area contributed by atoms with Crippen LogP contribution in [0.1, 0.15) is 19.2 Å². The molecule has 0 aliphatic heterocycles. The fourth-order valence-corrected chi connectivity index (χ4v) is 2.18. The third kappa shape index (κ3) is 3.27. The van der Waals surface area contributed by atoms with E-state index in [1.165, 1.54) is 6.07 Å². The summed E-state index contributed by atoms with van der Waals surface area (Å²) >= 11 is 6.07. The molecule has 1 aromatic carbocycles. The van der Waals surface area contributed by atoms with Crippen molar-refractivity contribution in [1.82, 2.24) is 9.97 Å². The van der Waals surface area contributed by atoms with Crippen LogP contribution in [0.3, 0.4) is 0 Å². The Balaban J connectivity index is 2.21. The second kappa shape index (κ2) is 6.38. The second-order valence-corrected chi connectivity index (χ2v) is 4.79. The molecule has 0 saturated carbocycles. The Kier molecular flexibility index (Phi) is 4.57. The number of rotatable bonds is 6. The molecule has 1 heterocycles. The molecular formula is C13H15ClN4O2. The normalized spacial score (nSPS) is 12.1. The van der Waals surface area contributed by atoms with Gasteiger partial charge in [-0.25, -0.2) is 4.98 Å². The SMILES string of the molecule is CCC(Cc1ncc[nH]1)Nc1c(Cl)cccc1[N+](=O)[O-]. The molecule has 6 nitrogen and oxygen atoms in total. The van der Waals surface area contributed by atoms with Crippen LogP contribution in [0.15, 0.2) is 30.6 Å². The molecule has 0 amide bonds. The van der Waals surface area contributed by atoms with Crippen LogP contribution in [0.25, 0.3) is 0 Å². The lowest BCUT2D eigenvalue weighted by Gasteiger charge is -2.18. The first-order chi connectivity index (χ1) is 9.61. The quantitative estimate of drug-likeness (QED) is 0.631. The number of para-hydroxylation sites is 1. The molecule has 0 radical (unpaired) electrons. The number of imidazole rings is 1. The maximum Gasteiger partial charge on any atom is 0.293 e. The molecule has 0 saturated heterocycles. The highest BCUT2D eigenvalue weighted by Crippen LogP contribution is 2.32. The number of nitro groups is 1. The van der Waals surface area contributed by atoms with Crippen LogP contribution in [0.2, 0.25) is 5.02 Å². The van der Waals surface area contributed by atoms with Crippen molar-refractivity contribution in [2.75, 3.05) is 5.32 Å². The minimum Gasteiger partial charge on any atom is -0.375 e. The maximum absolute atomic E-state index is 11.0. The van der Waals surface area contributed by atoms with Gasteiger partial charge in [-0.1, -0.05) is 24.6 Å². The average molecular weight is 295 g/mol. The van der Waals surface area contributed by atoms with Crippen LogP contribution in [-0.2, 0) is 6.42 Å². The molecule has 7 heteroatoms. The van der Waals surface area contributed by atoms with Gasteiger partial charge in [0.2, 0.25) is 0 Å². The molecule has 1 unspecified atom stereocenters. The number of H-pyrrole nitrogens is 1. The number of nitrogens with zero attached hydrogens (tertiary/aromatic N) is 2. The molecule has 2 N–H and O–H groups in total. The highest BCUT2D eigenvalue weighted by Gasteiger charge is 2.19. The minimum atomic E-state index is -0.437. The number of aromatic nitrogens is 2. The van der Waals surface area contributed by atoms with E-state index < -0.39 is 4.92 Å². The van der Waals surface area contributed by atoms with E-state index in [4.69, 9.17) is 11.6 Å². The van der Waals surface area contributed by atoms with E-state index >= 15 is 0 Å². The van der Waals surface area contributed by atoms with Gasteiger partial charge in [-0.2, -0.15) is 0 Å². The minimum absolute atomic E-state index is 0.0137. The Hall–Kier alpha value is -2.08. The van der Waals surface area contributed by atoms with Gasteiger partial charge in [-0.3, -0.25) is 10.1 Å². The molecule has 1 atom stereocenters. The van der Waals surface area contributed by atoms with Crippen LogP contribution in [0, 0.1) is 10.1 Å². The highest BCUT2D eigenvalue weighted by molar-refractivity contribution is 6.33. The second-order valence-electron chi connectivity index (χ2n) is 4.38. The van der Waals surface area contributed by atoms with Crippen molar-refractivity contribution in [2.45, 2.75) is 25.8 Å². The van der Waals surface area contributed by atoms with E-state index in [0.29, 0.717) is 17.1 Å². The van der Waals surface area contributed by atoms with E-state index in [2.05, 4.69) is 15.3 Å². The van der Waals surface area contributed by atoms with Gasteiger partial charge in [0.1, 0.15) is 11.5 Å². The van der Waals surface area contributed by atoms with Crippen LogP contribution in [0.4, 0.5) is 11.4 Å². The van der Waals surface area contributed by atoms with Gasteiger partial charge in [0, 0.05) is 30.9 Å². The average Bonchev–Trinajstić information content (AvgIpc) is 2.92. The zero-order valence-electron chi connectivity index (χ0n) is 11.0. The lowest BCUT2D eigenvalue weighted by molar-refractivity contribution is -0.384. The first kappa shape index (κ1) is 14.3. The fraction of sp³-hybridized carbons (Fsp3) is 0.308. The summed E-state index contributed by atoms with van der Waals surface area (Å²) < 4.78 is 0. The summed E-state index contributed by atoms with van der Waals surface area (Å²) in [6.07, 6.45) is 4.87. The summed E-state index contributed by atoms with van der Waals surface area (Å²) in [4.78, 5) is 17.8. The van der Waals surface area contributed by atoms with Crippen LogP contribution in [0.5, 0.6) is 0 Å². The predicted molar refractivity (Wildman–Crippen MR) is 78.1 cm³/mol. The fourth-order valence-electron chi connectivity index (χ4n) is 1.95. The number of aromatic amines is 1. The predicted octanol–water partition coefficient (Wildman–Crippen LogP) is 3.40. The molecular weight excluding hydrogens is 280 g/mol. The Labute approximate surface area is 121 Å². The summed E-state index contributed by atoms with van der Waals surface area (Å²) in [5.74, 6) is 0.832. The van der Waals surface area contributed by atoms with Gasteiger partial charge < -0.3 is 10.3 Å². The Morgan fingerprint density at radius 2 is 2.35 bits per heavy atom. The van der Waals surface area contributed by atoms with E-state index in [0.717, 1.165) is 12.2 Å². The molecule has 1 aromatic heterocycles. The molecule has 0 fully saturated rings. The standard InChI is InChI=1S/C13H15ClN4O2/c1-2-9(8-12-15-6-7-16-12)17-13-10(14)4-3-5-11(13)18(19)20/h3-7,9,17H,2,8H2,1H3,(H,15,16). The summed E-state index contributed by atoms with van der Waals surface area (Å²) in [6, 6.07) is 4.66. The number of anilines is 1. The van der Waals surface area contributed by atoms with Crippen molar-refractivity contribution >= 4 is 23.0 Å². The number of nitro benzene ring substituents is 1. The van der Waals surface area contributed by atoms with Crippen molar-refractivity contribution in [3.8, 4) is 0 Å². The van der Waals surface area contributed by atoms with Gasteiger partial charge in [-0.05, 0) is 12.5 Å². The van der Waals surface area contributed by atoms with Gasteiger partial charge >= 0.3 is 0 Å². The first-order valence-corrected chi connectivity index (χ1v) is 6.67. The van der Waals surface area contributed by atoms with Gasteiger partial charge in [0.15, 0.2) is 0 Å². The van der Waals surface area contributed by atoms with E-state index in [1.54, 1.807) is 24.5 Å². The molecule has 0 aliphatic carbocycles. The lowest BCUT2D eigenvalue weighted by Crippen LogP contribution is -2.22. The van der Waals surface area contributed by atoms with Crippen molar-refractivity contribution in [3.05, 3.63) is 51.6 Å². The van der Waals surface area contributed by atoms with Crippen LogP contribution >= 0.6 is 11.6 Å². The zero-order chi connectivity index (χ0) is 14.5. The van der Waals surface area contributed by atoms with Gasteiger partial charge in [-0.15, -0.1) is 0 Å². The van der Waals surface area contributed by atoms with Crippen molar-refractivity contribution in [3.63, 3.8) is 0 Å². The molecule has 2 rings (SSSR count). The molecule has 20 heavy (non-hydrogen) atoms. The number of halogens is 1. The van der Waals surface area contributed by atoms with Crippen molar-refractivity contribution in [2.24, 2.45) is 0 Å². The molecule has 0 aliphatic rings. The van der Waals surface area contributed by atoms with E-state index in [-0.39, 0.29) is 11.7 Å². The van der Waals surface area contributed by atoms with Gasteiger partial charge in [0.05, 0.1) is 9.95 Å². The summed E-state index contributed by atoms with van der Waals surface area (Å²) in [5, 5.41) is 14.5. The number of nitrogens with one attached hydrogen (secondary N) is 2. The van der Waals surface area contributed by atoms with Gasteiger partial charge in [0.25, 0.3) is 5.69 Å². The van der Waals surface area contributed by atoms with E-state index in [1.807, 2.05) is 6.92 Å². The summed E-state index contributed by atoms with van der Waals surface area (Å²) in [5.41, 5.74) is 0.341. The monoisotopic (exact) mass is 294 g/mol. The van der Waals surface area contributed by atoms with Crippen molar-refractivity contribution < 1.29 is 4.92 Å². The number of hydrogen-bond acceptors (Lipinski definition) is 4. The Morgan fingerprint density at radius 1 is 1.55 bits per heavy atom. The molecule has 0 bridgehead atoms.